The lowest BCUT2D eigenvalue weighted by Crippen LogP contribution is -2.15. The summed E-state index contributed by atoms with van der Waals surface area (Å²) in [5.74, 6) is -2.41. The first kappa shape index (κ1) is 11.9. The highest BCUT2D eigenvalue weighted by Gasteiger charge is 2.15. The molecule has 1 aromatic rings. The fourth-order valence-electron chi connectivity index (χ4n) is 1.11. The van der Waals surface area contributed by atoms with E-state index in [1.165, 1.54) is 6.07 Å². The Kier molecular flexibility index (Phi) is 3.65. The number of hydrogen-bond donors (Lipinski definition) is 3. The van der Waals surface area contributed by atoms with E-state index < -0.39 is 23.6 Å². The number of aliphatic carboxylic acids is 1. The number of aromatic hydroxyl groups is 1. The lowest BCUT2D eigenvalue weighted by molar-refractivity contribution is -0.137. The number of benzene rings is 1. The lowest BCUT2D eigenvalue weighted by Gasteiger charge is -2.10. The van der Waals surface area contributed by atoms with Crippen molar-refractivity contribution in [1.29, 1.82) is 0 Å². The highest BCUT2D eigenvalue weighted by Crippen LogP contribution is 2.30. The molecule has 0 radical (unpaired) electrons. The first-order valence-corrected chi connectivity index (χ1v) is 4.86. The van der Waals surface area contributed by atoms with Crippen LogP contribution in [0.2, 0.25) is 0 Å². The Balaban J connectivity index is 3.00. The van der Waals surface area contributed by atoms with Crippen molar-refractivity contribution in [2.24, 2.45) is 5.73 Å². The zero-order chi connectivity index (χ0) is 11.6. The Morgan fingerprint density at radius 2 is 2.20 bits per heavy atom. The van der Waals surface area contributed by atoms with Gasteiger partial charge in [0.1, 0.15) is 0 Å². The van der Waals surface area contributed by atoms with E-state index in [4.69, 9.17) is 15.9 Å². The topological polar surface area (TPSA) is 83.6 Å². The van der Waals surface area contributed by atoms with E-state index in [1.54, 1.807) is 0 Å². The van der Waals surface area contributed by atoms with Gasteiger partial charge in [0.05, 0.1) is 10.9 Å². The molecule has 0 aliphatic rings. The lowest BCUT2D eigenvalue weighted by atomic mass is 10.0. The molecule has 0 aromatic heterocycles. The number of carboxylic acids is 1. The van der Waals surface area contributed by atoms with Crippen LogP contribution in [0, 0.1) is 5.82 Å². The first-order chi connectivity index (χ1) is 6.91. The third-order valence-electron chi connectivity index (χ3n) is 1.86. The second kappa shape index (κ2) is 4.59. The average molecular weight is 278 g/mol. The summed E-state index contributed by atoms with van der Waals surface area (Å²) in [4.78, 5) is 10.4. The Labute approximate surface area is 93.6 Å². The second-order valence-corrected chi connectivity index (χ2v) is 3.89. The highest BCUT2D eigenvalue weighted by molar-refractivity contribution is 9.10. The van der Waals surface area contributed by atoms with Gasteiger partial charge in [-0.25, -0.2) is 4.39 Å². The maximum atomic E-state index is 13.1. The Morgan fingerprint density at radius 3 is 2.67 bits per heavy atom. The minimum absolute atomic E-state index is 0.151. The quantitative estimate of drug-likeness (QED) is 0.786. The first-order valence-electron chi connectivity index (χ1n) is 4.07. The van der Waals surface area contributed by atoms with Crippen molar-refractivity contribution in [3.63, 3.8) is 0 Å². The molecular formula is C9H9BrFNO3. The molecule has 1 unspecified atom stereocenters. The monoisotopic (exact) mass is 277 g/mol. The van der Waals surface area contributed by atoms with Crippen LogP contribution in [0.3, 0.4) is 0 Å². The Morgan fingerprint density at radius 1 is 1.60 bits per heavy atom. The van der Waals surface area contributed by atoms with Crippen molar-refractivity contribution >= 4 is 21.9 Å². The summed E-state index contributed by atoms with van der Waals surface area (Å²) < 4.78 is 13.2. The molecule has 0 saturated carbocycles. The normalized spacial score (nSPS) is 12.5. The molecule has 1 aromatic carbocycles. The summed E-state index contributed by atoms with van der Waals surface area (Å²) in [6.45, 7) is 0. The molecule has 15 heavy (non-hydrogen) atoms. The van der Waals surface area contributed by atoms with Crippen molar-refractivity contribution in [1.82, 2.24) is 0 Å². The smallest absolute Gasteiger partial charge is 0.305 e. The zero-order valence-corrected chi connectivity index (χ0v) is 9.16. The van der Waals surface area contributed by atoms with Crippen molar-refractivity contribution in [3.05, 3.63) is 28.0 Å². The van der Waals surface area contributed by atoms with Crippen LogP contribution >= 0.6 is 15.9 Å². The van der Waals surface area contributed by atoms with Crippen LogP contribution in [0.15, 0.2) is 16.6 Å². The number of nitrogens with two attached hydrogens (primary N) is 1. The van der Waals surface area contributed by atoms with E-state index >= 15 is 0 Å². The number of carboxylic acid groups (broad SMARTS) is 1. The van der Waals surface area contributed by atoms with Crippen molar-refractivity contribution in [2.75, 3.05) is 0 Å². The maximum Gasteiger partial charge on any atom is 0.305 e. The molecule has 1 rings (SSSR count). The van der Waals surface area contributed by atoms with Crippen LogP contribution in [0.5, 0.6) is 5.75 Å². The highest BCUT2D eigenvalue weighted by atomic mass is 79.9. The third-order valence-corrected chi connectivity index (χ3v) is 2.47. The fourth-order valence-corrected chi connectivity index (χ4v) is 1.56. The SMILES string of the molecule is NC(CC(=O)O)c1cc(F)c(O)c(Br)c1. The van der Waals surface area contributed by atoms with Gasteiger partial charge in [-0.15, -0.1) is 0 Å². The zero-order valence-electron chi connectivity index (χ0n) is 7.58. The van der Waals surface area contributed by atoms with Crippen LogP contribution in [0.4, 0.5) is 4.39 Å². The van der Waals surface area contributed by atoms with E-state index in [2.05, 4.69) is 15.9 Å². The number of halogens is 2. The molecule has 4 N–H and O–H groups in total. The molecular weight excluding hydrogens is 269 g/mol. The maximum absolute atomic E-state index is 13.1. The second-order valence-electron chi connectivity index (χ2n) is 3.04. The molecule has 6 heteroatoms. The van der Waals surface area contributed by atoms with Gasteiger partial charge in [0, 0.05) is 6.04 Å². The van der Waals surface area contributed by atoms with Gasteiger partial charge in [-0.05, 0) is 33.6 Å². The summed E-state index contributed by atoms with van der Waals surface area (Å²) in [6.07, 6.45) is -0.295. The van der Waals surface area contributed by atoms with Gasteiger partial charge in [-0.1, -0.05) is 0 Å². The predicted molar refractivity (Wildman–Crippen MR) is 54.9 cm³/mol. The predicted octanol–water partition coefficient (Wildman–Crippen LogP) is 1.77. The van der Waals surface area contributed by atoms with Crippen molar-refractivity contribution < 1.29 is 19.4 Å². The fraction of sp³-hybridized carbons (Fsp3) is 0.222. The summed E-state index contributed by atoms with van der Waals surface area (Å²) in [5.41, 5.74) is 5.85. The van der Waals surface area contributed by atoms with E-state index in [0.29, 0.717) is 5.56 Å². The van der Waals surface area contributed by atoms with Crippen LogP contribution < -0.4 is 5.73 Å². The van der Waals surface area contributed by atoms with E-state index in [9.17, 15) is 9.18 Å². The Bertz CT molecular complexity index is 374. The molecule has 0 heterocycles. The van der Waals surface area contributed by atoms with Gasteiger partial charge in [0.2, 0.25) is 0 Å². The molecule has 0 bridgehead atoms. The number of rotatable bonds is 3. The summed E-state index contributed by atoms with van der Waals surface area (Å²) >= 11 is 2.94. The van der Waals surface area contributed by atoms with Crippen LogP contribution in [0.25, 0.3) is 0 Å². The molecule has 1 atom stereocenters. The van der Waals surface area contributed by atoms with Crippen LogP contribution in [-0.4, -0.2) is 16.2 Å². The average Bonchev–Trinajstić information content (AvgIpc) is 2.12. The minimum atomic E-state index is -1.06. The molecule has 0 spiro atoms. The van der Waals surface area contributed by atoms with Gasteiger partial charge in [-0.3, -0.25) is 4.79 Å². The molecule has 0 aliphatic carbocycles. The molecule has 0 saturated heterocycles. The summed E-state index contributed by atoms with van der Waals surface area (Å²) in [6, 6.07) is 1.62. The molecule has 82 valence electrons. The summed E-state index contributed by atoms with van der Waals surface area (Å²) in [5, 5.41) is 17.6. The van der Waals surface area contributed by atoms with Crippen LogP contribution in [0.1, 0.15) is 18.0 Å². The molecule has 0 fully saturated rings. The van der Waals surface area contributed by atoms with E-state index in [-0.39, 0.29) is 10.9 Å². The van der Waals surface area contributed by atoms with Crippen molar-refractivity contribution in [2.45, 2.75) is 12.5 Å². The number of phenolic OH excluding ortho intramolecular Hbond substituents is 1. The van der Waals surface area contributed by atoms with Gasteiger partial charge in [0.15, 0.2) is 11.6 Å². The minimum Gasteiger partial charge on any atom is -0.504 e. The van der Waals surface area contributed by atoms with E-state index in [1.807, 2.05) is 0 Å². The van der Waals surface area contributed by atoms with Gasteiger partial charge >= 0.3 is 5.97 Å². The number of hydrogen-bond acceptors (Lipinski definition) is 3. The molecule has 0 aliphatic heterocycles. The third kappa shape index (κ3) is 2.90. The standard InChI is InChI=1S/C9H9BrFNO3/c10-5-1-4(2-6(11)9(5)15)7(12)3-8(13)14/h1-2,7,15H,3,12H2,(H,13,14). The molecule has 0 amide bonds. The molecule has 4 nitrogen and oxygen atoms in total. The van der Waals surface area contributed by atoms with Gasteiger partial charge in [0.25, 0.3) is 0 Å². The number of carbonyl (C=O) groups is 1. The van der Waals surface area contributed by atoms with Crippen LogP contribution in [-0.2, 0) is 4.79 Å². The van der Waals surface area contributed by atoms with Gasteiger partial charge < -0.3 is 15.9 Å². The van der Waals surface area contributed by atoms with Gasteiger partial charge in [-0.2, -0.15) is 0 Å². The Hall–Kier alpha value is -1.14. The largest absolute Gasteiger partial charge is 0.504 e. The summed E-state index contributed by atoms with van der Waals surface area (Å²) in [7, 11) is 0. The van der Waals surface area contributed by atoms with Crippen molar-refractivity contribution in [3.8, 4) is 5.75 Å². The van der Waals surface area contributed by atoms with E-state index in [0.717, 1.165) is 6.07 Å². The number of phenols is 1.